The van der Waals surface area contributed by atoms with E-state index in [0.717, 1.165) is 6.54 Å². The first-order valence-corrected chi connectivity index (χ1v) is 6.03. The fourth-order valence-electron chi connectivity index (χ4n) is 2.19. The molecule has 0 aromatic rings. The van der Waals surface area contributed by atoms with Gasteiger partial charge in [0.2, 0.25) is 5.91 Å². The third kappa shape index (κ3) is 3.82. The fraction of sp³-hybridized carbons (Fsp3) is 0.917. The Hall–Kier alpha value is -0.570. The number of nitrogens with one attached hydrogen (secondary N) is 1. The van der Waals surface area contributed by atoms with Gasteiger partial charge in [-0.3, -0.25) is 4.79 Å². The zero-order valence-electron chi connectivity index (χ0n) is 9.83. The summed E-state index contributed by atoms with van der Waals surface area (Å²) in [5, 5.41) is 12.1. The van der Waals surface area contributed by atoms with E-state index in [0.29, 0.717) is 5.92 Å². The molecule has 0 spiro atoms. The average Bonchev–Trinajstić information content (AvgIpc) is 2.67. The molecule has 3 heteroatoms. The summed E-state index contributed by atoms with van der Waals surface area (Å²) in [5.74, 6) is 0.643. The molecule has 0 aromatic heterocycles. The summed E-state index contributed by atoms with van der Waals surface area (Å²) >= 11 is 0. The number of hydrogen-bond donors (Lipinski definition) is 2. The lowest BCUT2D eigenvalue weighted by Crippen LogP contribution is -2.37. The first kappa shape index (κ1) is 12.5. The highest BCUT2D eigenvalue weighted by molar-refractivity contribution is 5.78. The van der Waals surface area contributed by atoms with Crippen molar-refractivity contribution in [2.24, 2.45) is 17.8 Å². The van der Waals surface area contributed by atoms with Gasteiger partial charge in [-0.25, -0.2) is 0 Å². The quantitative estimate of drug-likeness (QED) is 0.728. The molecule has 1 aliphatic rings. The smallest absolute Gasteiger partial charge is 0.225 e. The molecule has 1 unspecified atom stereocenters. The lowest BCUT2D eigenvalue weighted by Gasteiger charge is -2.19. The number of hydrogen-bond acceptors (Lipinski definition) is 2. The van der Waals surface area contributed by atoms with Crippen LogP contribution in [0.15, 0.2) is 0 Å². The van der Waals surface area contributed by atoms with Crippen molar-refractivity contribution >= 4 is 5.91 Å². The minimum atomic E-state index is -0.244. The molecule has 0 aliphatic heterocycles. The van der Waals surface area contributed by atoms with Crippen LogP contribution in [0.1, 0.15) is 39.5 Å². The molecule has 1 aliphatic carbocycles. The van der Waals surface area contributed by atoms with E-state index in [1.54, 1.807) is 0 Å². The maximum Gasteiger partial charge on any atom is 0.225 e. The summed E-state index contributed by atoms with van der Waals surface area (Å²) in [6, 6.07) is 0. The Labute approximate surface area is 92.3 Å². The molecule has 1 amide bonds. The van der Waals surface area contributed by atoms with E-state index in [4.69, 9.17) is 5.11 Å². The molecule has 0 bridgehead atoms. The number of aliphatic hydroxyl groups excluding tert-OH is 1. The molecule has 1 atom stereocenters. The van der Waals surface area contributed by atoms with E-state index < -0.39 is 0 Å². The van der Waals surface area contributed by atoms with Gasteiger partial charge < -0.3 is 10.4 Å². The van der Waals surface area contributed by atoms with Crippen molar-refractivity contribution in [3.8, 4) is 0 Å². The summed E-state index contributed by atoms with van der Waals surface area (Å²) in [6.45, 7) is 4.68. The van der Waals surface area contributed by atoms with Crippen LogP contribution in [0.2, 0.25) is 0 Å². The maximum atomic E-state index is 11.7. The monoisotopic (exact) mass is 213 g/mol. The first-order valence-electron chi connectivity index (χ1n) is 6.03. The van der Waals surface area contributed by atoms with Gasteiger partial charge in [-0.15, -0.1) is 0 Å². The van der Waals surface area contributed by atoms with Crippen LogP contribution >= 0.6 is 0 Å². The lowest BCUT2D eigenvalue weighted by molar-refractivity contribution is -0.127. The number of amides is 1. The van der Waals surface area contributed by atoms with E-state index in [2.05, 4.69) is 5.32 Å². The van der Waals surface area contributed by atoms with Crippen LogP contribution < -0.4 is 5.32 Å². The fourth-order valence-corrected chi connectivity index (χ4v) is 2.19. The third-order valence-corrected chi connectivity index (χ3v) is 3.38. The summed E-state index contributed by atoms with van der Waals surface area (Å²) in [5.41, 5.74) is 0. The van der Waals surface area contributed by atoms with Gasteiger partial charge in [0.1, 0.15) is 0 Å². The van der Waals surface area contributed by atoms with Gasteiger partial charge in [-0.2, -0.15) is 0 Å². The molecular formula is C12H23NO2. The summed E-state index contributed by atoms with van der Waals surface area (Å²) in [4.78, 5) is 11.7. The van der Waals surface area contributed by atoms with Crippen molar-refractivity contribution in [2.75, 3.05) is 13.2 Å². The molecule has 88 valence electrons. The Kier molecular flexibility index (Phi) is 5.09. The van der Waals surface area contributed by atoms with E-state index in [-0.39, 0.29) is 24.3 Å². The Morgan fingerprint density at radius 1 is 1.40 bits per heavy atom. The number of aliphatic hydroxyl groups is 1. The number of rotatable bonds is 5. The van der Waals surface area contributed by atoms with Gasteiger partial charge in [0, 0.05) is 6.54 Å². The highest BCUT2D eigenvalue weighted by Gasteiger charge is 2.22. The largest absolute Gasteiger partial charge is 0.396 e. The highest BCUT2D eigenvalue weighted by Crippen LogP contribution is 2.23. The van der Waals surface area contributed by atoms with E-state index >= 15 is 0 Å². The second-order valence-corrected chi connectivity index (χ2v) is 4.93. The molecule has 1 rings (SSSR count). The number of carbonyl (C=O) groups is 1. The van der Waals surface area contributed by atoms with Crippen LogP contribution in [-0.4, -0.2) is 24.2 Å². The van der Waals surface area contributed by atoms with Crippen LogP contribution in [0.4, 0.5) is 0 Å². The molecule has 0 saturated heterocycles. The third-order valence-electron chi connectivity index (χ3n) is 3.38. The van der Waals surface area contributed by atoms with Crippen LogP contribution in [-0.2, 0) is 4.79 Å². The lowest BCUT2D eigenvalue weighted by atomic mass is 9.95. The molecule has 1 fully saturated rings. The number of carbonyl (C=O) groups excluding carboxylic acids is 1. The average molecular weight is 213 g/mol. The normalized spacial score (nSPS) is 19.5. The predicted molar refractivity (Wildman–Crippen MR) is 60.4 cm³/mol. The van der Waals surface area contributed by atoms with Crippen LogP contribution in [0.25, 0.3) is 0 Å². The second-order valence-electron chi connectivity index (χ2n) is 4.93. The van der Waals surface area contributed by atoms with Crippen molar-refractivity contribution in [2.45, 2.75) is 39.5 Å². The van der Waals surface area contributed by atoms with Crippen LogP contribution in [0.5, 0.6) is 0 Å². The van der Waals surface area contributed by atoms with Crippen molar-refractivity contribution in [1.82, 2.24) is 5.32 Å². The summed E-state index contributed by atoms with van der Waals surface area (Å²) in [7, 11) is 0. The zero-order valence-corrected chi connectivity index (χ0v) is 9.83. The maximum absolute atomic E-state index is 11.7. The Morgan fingerprint density at radius 2 is 2.00 bits per heavy atom. The van der Waals surface area contributed by atoms with Crippen LogP contribution in [0, 0.1) is 17.8 Å². The van der Waals surface area contributed by atoms with Gasteiger partial charge in [-0.05, 0) is 24.7 Å². The van der Waals surface area contributed by atoms with Crippen molar-refractivity contribution in [3.63, 3.8) is 0 Å². The molecule has 1 saturated carbocycles. The Balaban J connectivity index is 2.27. The van der Waals surface area contributed by atoms with Crippen molar-refractivity contribution in [3.05, 3.63) is 0 Å². The SMILES string of the molecule is CC(C)C(CO)C(=O)NCC1CCCC1. The van der Waals surface area contributed by atoms with Crippen LogP contribution in [0.3, 0.4) is 0 Å². The minimum Gasteiger partial charge on any atom is -0.396 e. The standard InChI is InChI=1S/C12H23NO2/c1-9(2)11(8-14)12(15)13-7-10-5-3-4-6-10/h9-11,14H,3-8H2,1-2H3,(H,13,15). The molecular weight excluding hydrogens is 190 g/mol. The minimum absolute atomic E-state index is 0.0133. The first-order chi connectivity index (χ1) is 7.15. The second kappa shape index (κ2) is 6.11. The molecule has 0 aromatic carbocycles. The molecule has 0 radical (unpaired) electrons. The molecule has 0 heterocycles. The molecule has 2 N–H and O–H groups in total. The van der Waals surface area contributed by atoms with Gasteiger partial charge in [0.05, 0.1) is 12.5 Å². The van der Waals surface area contributed by atoms with E-state index in [1.807, 2.05) is 13.8 Å². The Bertz CT molecular complexity index is 198. The molecule has 3 nitrogen and oxygen atoms in total. The van der Waals surface area contributed by atoms with Gasteiger partial charge >= 0.3 is 0 Å². The predicted octanol–water partition coefficient (Wildman–Crippen LogP) is 1.56. The van der Waals surface area contributed by atoms with Gasteiger partial charge in [0.25, 0.3) is 0 Å². The zero-order chi connectivity index (χ0) is 11.3. The molecule has 15 heavy (non-hydrogen) atoms. The van der Waals surface area contributed by atoms with Gasteiger partial charge in [0.15, 0.2) is 0 Å². The summed E-state index contributed by atoms with van der Waals surface area (Å²) in [6.07, 6.45) is 5.08. The van der Waals surface area contributed by atoms with Gasteiger partial charge in [-0.1, -0.05) is 26.7 Å². The topological polar surface area (TPSA) is 49.3 Å². The van der Waals surface area contributed by atoms with Crippen molar-refractivity contribution < 1.29 is 9.90 Å². The van der Waals surface area contributed by atoms with E-state index in [9.17, 15) is 4.79 Å². The summed E-state index contributed by atoms with van der Waals surface area (Å²) < 4.78 is 0. The highest BCUT2D eigenvalue weighted by atomic mass is 16.3. The van der Waals surface area contributed by atoms with E-state index in [1.165, 1.54) is 25.7 Å². The van der Waals surface area contributed by atoms with Crippen molar-refractivity contribution in [1.29, 1.82) is 0 Å². The Morgan fingerprint density at radius 3 is 2.47 bits per heavy atom.